The number of rotatable bonds is 3. The third-order valence-electron chi connectivity index (χ3n) is 6.35. The Morgan fingerprint density at radius 1 is 0.906 bits per heavy atom. The van der Waals surface area contributed by atoms with Gasteiger partial charge in [0.25, 0.3) is 0 Å². The summed E-state index contributed by atoms with van der Waals surface area (Å²) in [6, 6.07) is 15.6. The number of aromatic nitrogens is 1. The Morgan fingerprint density at radius 2 is 1.50 bits per heavy atom. The fourth-order valence-corrected chi connectivity index (χ4v) is 3.80. The van der Waals surface area contributed by atoms with Crippen molar-refractivity contribution in [2.45, 2.75) is 74.7 Å². The van der Waals surface area contributed by atoms with Gasteiger partial charge in [0.1, 0.15) is 0 Å². The van der Waals surface area contributed by atoms with E-state index in [0.717, 1.165) is 5.56 Å². The molecule has 0 bridgehead atoms. The van der Waals surface area contributed by atoms with Gasteiger partial charge in [0.15, 0.2) is 0 Å². The van der Waals surface area contributed by atoms with Gasteiger partial charge in [-0.05, 0) is 59.1 Å². The van der Waals surface area contributed by atoms with Crippen molar-refractivity contribution in [2.75, 3.05) is 0 Å². The molecule has 32 heavy (non-hydrogen) atoms. The molecular formula is C31H43N. The van der Waals surface area contributed by atoms with Gasteiger partial charge >= 0.3 is 0 Å². The number of hydrogen-bond donors (Lipinski definition) is 0. The van der Waals surface area contributed by atoms with Crippen molar-refractivity contribution >= 4 is 29.1 Å². The summed E-state index contributed by atoms with van der Waals surface area (Å²) in [6.07, 6.45) is 6.61. The molecule has 1 atom stereocenters. The van der Waals surface area contributed by atoms with Crippen molar-refractivity contribution < 1.29 is 0 Å². The first-order valence-electron chi connectivity index (χ1n) is 12.0. The number of nitrogens with zero attached hydrogens (tertiary/aromatic N) is 1. The SMILES string of the molecule is C=Cc1ccc(-n2c(=C/C)/c(=C\C(C)C(C)(C)C)c3cc(C(C)(C)C)ccc32)cc1.CC. The van der Waals surface area contributed by atoms with Crippen LogP contribution in [-0.2, 0) is 5.41 Å². The summed E-state index contributed by atoms with van der Waals surface area (Å²) >= 11 is 0. The largest absolute Gasteiger partial charge is 0.310 e. The Hall–Kier alpha value is -2.54. The second kappa shape index (κ2) is 9.94. The van der Waals surface area contributed by atoms with E-state index in [1.54, 1.807) is 0 Å². The zero-order valence-electron chi connectivity index (χ0n) is 22.0. The van der Waals surface area contributed by atoms with Crippen molar-refractivity contribution in [3.05, 3.63) is 70.7 Å². The Balaban J connectivity index is 0.00000176. The Morgan fingerprint density at radius 3 is 1.97 bits per heavy atom. The summed E-state index contributed by atoms with van der Waals surface area (Å²) in [5.41, 5.74) is 5.28. The van der Waals surface area contributed by atoms with Crippen LogP contribution in [0.5, 0.6) is 0 Å². The van der Waals surface area contributed by atoms with Crippen molar-refractivity contribution in [2.24, 2.45) is 11.3 Å². The monoisotopic (exact) mass is 429 g/mol. The first kappa shape index (κ1) is 25.7. The minimum atomic E-state index is 0.116. The van der Waals surface area contributed by atoms with Gasteiger partial charge in [-0.2, -0.15) is 0 Å². The molecule has 3 aromatic rings. The molecule has 0 spiro atoms. The Kier molecular flexibility index (Phi) is 7.99. The molecule has 0 saturated carbocycles. The van der Waals surface area contributed by atoms with Crippen molar-refractivity contribution in [3.63, 3.8) is 0 Å². The molecule has 1 nitrogen and oxygen atoms in total. The van der Waals surface area contributed by atoms with Gasteiger partial charge < -0.3 is 4.57 Å². The maximum absolute atomic E-state index is 3.89. The topological polar surface area (TPSA) is 4.93 Å². The van der Waals surface area contributed by atoms with Crippen LogP contribution < -0.4 is 10.6 Å². The highest BCUT2D eigenvalue weighted by molar-refractivity contribution is 5.85. The van der Waals surface area contributed by atoms with E-state index in [-0.39, 0.29) is 10.8 Å². The summed E-state index contributed by atoms with van der Waals surface area (Å²) < 4.78 is 2.40. The molecule has 0 saturated heterocycles. The fraction of sp³-hybridized carbons (Fsp3) is 0.419. The quantitative estimate of drug-likeness (QED) is 0.399. The maximum atomic E-state index is 3.89. The van der Waals surface area contributed by atoms with E-state index in [1.807, 2.05) is 19.9 Å². The molecule has 0 amide bonds. The van der Waals surface area contributed by atoms with Crippen LogP contribution in [0.2, 0.25) is 0 Å². The summed E-state index contributed by atoms with van der Waals surface area (Å²) in [5, 5.41) is 3.94. The van der Waals surface area contributed by atoms with Crippen LogP contribution in [0.4, 0.5) is 0 Å². The van der Waals surface area contributed by atoms with Gasteiger partial charge in [-0.15, -0.1) is 0 Å². The highest BCUT2D eigenvalue weighted by Gasteiger charge is 2.20. The standard InChI is InChI=1S/C29H37N.C2H6/c1-10-21-12-15-23(16-13-21)30-26(11-2)24(18-20(3)28(4,5)6)25-19-22(29(7,8)9)14-17-27(25)30;1-2/h10-20H,1H2,2-9H3;1-2H3/b24-18-,26-11+;. The summed E-state index contributed by atoms with van der Waals surface area (Å²) in [7, 11) is 0. The van der Waals surface area contributed by atoms with Crippen LogP contribution in [0.1, 0.15) is 80.4 Å². The van der Waals surface area contributed by atoms with Crippen molar-refractivity contribution in [1.29, 1.82) is 0 Å². The van der Waals surface area contributed by atoms with E-state index >= 15 is 0 Å². The molecule has 2 aromatic carbocycles. The van der Waals surface area contributed by atoms with E-state index in [2.05, 4.69) is 121 Å². The third-order valence-corrected chi connectivity index (χ3v) is 6.35. The van der Waals surface area contributed by atoms with Gasteiger partial charge in [-0.3, -0.25) is 0 Å². The average molecular weight is 430 g/mol. The van der Waals surface area contributed by atoms with Crippen molar-refractivity contribution in [1.82, 2.24) is 4.57 Å². The lowest BCUT2D eigenvalue weighted by Gasteiger charge is -2.24. The molecular weight excluding hydrogens is 386 g/mol. The second-order valence-electron chi connectivity index (χ2n) is 10.5. The van der Waals surface area contributed by atoms with E-state index < -0.39 is 0 Å². The van der Waals surface area contributed by atoms with Gasteiger partial charge in [-0.1, -0.05) is 105 Å². The summed E-state index contributed by atoms with van der Waals surface area (Å²) in [5.74, 6) is 0.455. The molecule has 3 rings (SSSR count). The minimum absolute atomic E-state index is 0.116. The normalized spacial score (nSPS) is 14.3. The molecule has 1 aromatic heterocycles. The highest BCUT2D eigenvalue weighted by Crippen LogP contribution is 2.28. The first-order valence-corrected chi connectivity index (χ1v) is 12.0. The molecule has 0 aliphatic carbocycles. The molecule has 1 unspecified atom stereocenters. The van der Waals surface area contributed by atoms with Crippen LogP contribution >= 0.6 is 0 Å². The van der Waals surface area contributed by atoms with Gasteiger partial charge in [0, 0.05) is 21.6 Å². The van der Waals surface area contributed by atoms with Crippen LogP contribution in [0.25, 0.3) is 34.8 Å². The Labute approximate surface area is 196 Å². The summed E-state index contributed by atoms with van der Waals surface area (Å²) in [6.45, 7) is 26.2. The van der Waals surface area contributed by atoms with Gasteiger partial charge in [0.05, 0.1) is 5.52 Å². The predicted molar refractivity (Wildman–Crippen MR) is 146 cm³/mol. The van der Waals surface area contributed by atoms with E-state index in [0.29, 0.717) is 5.92 Å². The highest BCUT2D eigenvalue weighted by atomic mass is 15.0. The zero-order valence-corrected chi connectivity index (χ0v) is 22.0. The molecule has 0 aliphatic heterocycles. The fourth-order valence-electron chi connectivity index (χ4n) is 3.80. The molecule has 1 heterocycles. The number of hydrogen-bond acceptors (Lipinski definition) is 0. The third kappa shape index (κ3) is 5.26. The van der Waals surface area contributed by atoms with Crippen LogP contribution in [0.15, 0.2) is 49.0 Å². The number of fused-ring (bicyclic) bond motifs is 1. The zero-order chi connectivity index (χ0) is 24.3. The smallest absolute Gasteiger partial charge is 0.0541 e. The predicted octanol–water partition coefficient (Wildman–Crippen LogP) is 7.86. The Bertz CT molecular complexity index is 1170. The van der Waals surface area contributed by atoms with E-state index in [4.69, 9.17) is 0 Å². The van der Waals surface area contributed by atoms with Crippen LogP contribution in [0.3, 0.4) is 0 Å². The number of benzene rings is 2. The minimum Gasteiger partial charge on any atom is -0.310 e. The lowest BCUT2D eigenvalue weighted by molar-refractivity contribution is 0.330. The van der Waals surface area contributed by atoms with E-state index in [9.17, 15) is 0 Å². The second-order valence-corrected chi connectivity index (χ2v) is 10.5. The lowest BCUT2D eigenvalue weighted by Crippen LogP contribution is -2.30. The van der Waals surface area contributed by atoms with Gasteiger partial charge in [-0.25, -0.2) is 0 Å². The maximum Gasteiger partial charge on any atom is 0.0541 e. The van der Waals surface area contributed by atoms with E-state index in [1.165, 1.54) is 32.7 Å². The van der Waals surface area contributed by atoms with Crippen LogP contribution in [0, 0.1) is 11.3 Å². The molecule has 0 fully saturated rings. The van der Waals surface area contributed by atoms with Crippen molar-refractivity contribution in [3.8, 4) is 5.69 Å². The molecule has 0 N–H and O–H groups in total. The molecule has 172 valence electrons. The van der Waals surface area contributed by atoms with Gasteiger partial charge in [0.2, 0.25) is 0 Å². The first-order chi connectivity index (χ1) is 15.0. The average Bonchev–Trinajstić information content (AvgIpc) is 3.06. The molecule has 0 aliphatic rings. The van der Waals surface area contributed by atoms with Crippen LogP contribution in [-0.4, -0.2) is 4.57 Å². The summed E-state index contributed by atoms with van der Waals surface area (Å²) in [4.78, 5) is 0. The lowest BCUT2D eigenvalue weighted by atomic mass is 9.81. The molecule has 1 heteroatoms. The molecule has 0 radical (unpaired) electrons.